The Labute approximate surface area is 347 Å². The zero-order valence-electron chi connectivity index (χ0n) is 33.3. The van der Waals surface area contributed by atoms with Gasteiger partial charge in [0, 0.05) is 67.8 Å². The average molecular weight is 842 g/mol. The van der Waals surface area contributed by atoms with Gasteiger partial charge in [0.05, 0.1) is 35.7 Å². The van der Waals surface area contributed by atoms with Crippen LogP contribution in [0, 0.1) is 0 Å². The zero-order valence-corrected chi connectivity index (χ0v) is 33.3. The number of alkyl halides is 3. The van der Waals surface area contributed by atoms with Crippen LogP contribution in [0.25, 0.3) is 5.65 Å². The number of nitrogens with one attached hydrogen (secondary N) is 2. The van der Waals surface area contributed by atoms with Crippen LogP contribution in [0.2, 0.25) is 0 Å². The Morgan fingerprint density at radius 1 is 0.951 bits per heavy atom. The Balaban J connectivity index is 0.852. The average Bonchev–Trinajstić information content (AvgIpc) is 3.85. The number of piperidine rings is 1. The second-order valence-electron chi connectivity index (χ2n) is 16.5. The highest BCUT2D eigenvalue weighted by Gasteiger charge is 2.47. The molecule has 2 aromatic heterocycles. The fraction of sp³-hybridized carbons (Fsp3) is 0.429. The summed E-state index contributed by atoms with van der Waals surface area (Å²) in [6.07, 6.45) is 1.86. The highest BCUT2D eigenvalue weighted by molar-refractivity contribution is 6.23. The van der Waals surface area contributed by atoms with Crippen LogP contribution in [-0.2, 0) is 16.1 Å². The summed E-state index contributed by atoms with van der Waals surface area (Å²) < 4.78 is 49.8. The van der Waals surface area contributed by atoms with Crippen molar-refractivity contribution in [2.24, 2.45) is 0 Å². The van der Waals surface area contributed by atoms with E-state index in [0.29, 0.717) is 59.6 Å². The molecule has 9 rings (SSSR count). The number of ether oxygens (including phenoxy) is 1. The molecule has 2 N–H and O–H groups in total. The van der Waals surface area contributed by atoms with E-state index in [4.69, 9.17) is 4.74 Å². The van der Waals surface area contributed by atoms with Crippen molar-refractivity contribution in [1.29, 1.82) is 0 Å². The molecule has 0 spiro atoms. The Morgan fingerprint density at radius 2 is 1.70 bits per heavy atom. The van der Waals surface area contributed by atoms with Crippen LogP contribution in [0.15, 0.2) is 55.0 Å². The first-order chi connectivity index (χ1) is 29.1. The van der Waals surface area contributed by atoms with E-state index < -0.39 is 54.3 Å². The Bertz CT molecular complexity index is 2490. The molecule has 1 aliphatic carbocycles. The number of carbonyl (C=O) groups excluding carboxylic acids is 6. The molecule has 0 bridgehead atoms. The Kier molecular flexibility index (Phi) is 10.0. The third-order valence-electron chi connectivity index (χ3n) is 12.2. The summed E-state index contributed by atoms with van der Waals surface area (Å²) in [6.45, 7) is 3.38. The third kappa shape index (κ3) is 7.44. The molecule has 1 saturated carbocycles. The van der Waals surface area contributed by atoms with Gasteiger partial charge in [-0.15, -0.1) is 0 Å². The van der Waals surface area contributed by atoms with Crippen LogP contribution in [0.1, 0.15) is 99.4 Å². The topological polar surface area (TPSA) is 179 Å². The number of hydrogen-bond donors (Lipinski definition) is 2. The minimum atomic E-state index is -4.45. The van der Waals surface area contributed by atoms with Crippen molar-refractivity contribution in [2.75, 3.05) is 29.9 Å². The number of anilines is 2. The molecule has 6 heterocycles. The van der Waals surface area contributed by atoms with Crippen LogP contribution in [-0.4, -0.2) is 121 Å². The number of rotatable bonds is 10. The second-order valence-corrected chi connectivity index (χ2v) is 16.5. The largest absolute Gasteiger partial charge is 0.489 e. The number of halogens is 3. The van der Waals surface area contributed by atoms with Crippen LogP contribution in [0.5, 0.6) is 5.75 Å². The van der Waals surface area contributed by atoms with Gasteiger partial charge in [-0.2, -0.15) is 18.3 Å². The Hall–Kier alpha value is -6.37. The van der Waals surface area contributed by atoms with Crippen LogP contribution >= 0.6 is 0 Å². The SMILES string of the molecule is CC(C)Oc1cc2c(cc1NC(=O)c1cnn3cccnc13)CN(C1CCC(N(CC(F)(F)F)C3CN(c4ccc5c(c4)C(=O)N(C4CCC(=O)NC4=O)C5=O)C3)CC1)C2=O. The van der Waals surface area contributed by atoms with E-state index >= 15 is 0 Å². The molecule has 4 aromatic rings. The van der Waals surface area contributed by atoms with Gasteiger partial charge in [-0.1, -0.05) is 0 Å². The molecule has 6 amide bonds. The van der Waals surface area contributed by atoms with E-state index in [2.05, 4.69) is 20.7 Å². The predicted octanol–water partition coefficient (Wildman–Crippen LogP) is 4.19. The third-order valence-corrected chi connectivity index (χ3v) is 12.2. The summed E-state index contributed by atoms with van der Waals surface area (Å²) in [5.74, 6) is -2.79. The lowest BCUT2D eigenvalue weighted by molar-refractivity contribution is -0.160. The van der Waals surface area contributed by atoms with Crippen LogP contribution in [0.3, 0.4) is 0 Å². The van der Waals surface area contributed by atoms with Crippen molar-refractivity contribution in [3.05, 3.63) is 82.8 Å². The summed E-state index contributed by atoms with van der Waals surface area (Å²) in [7, 11) is 0. The van der Waals surface area contributed by atoms with E-state index in [0.717, 1.165) is 4.90 Å². The van der Waals surface area contributed by atoms with Crippen molar-refractivity contribution in [1.82, 2.24) is 34.6 Å². The van der Waals surface area contributed by atoms with Crippen molar-refractivity contribution in [3.8, 4) is 5.75 Å². The number of benzene rings is 2. The standard InChI is InChI=1S/C42H42F3N9O7/c1-22(2)61-34-16-29-23(14-32(34)48-37(56)31-17-47-53-13-3-12-46-36(31)53)18-51(39(29)58)24-4-6-25(7-5-24)52(21-42(43,44)45)27-19-50(20-27)26-8-9-28-30(15-26)41(60)54(40(28)59)33-10-11-35(55)49-38(33)57/h3,8-9,12-17,22,24-25,27,33H,4-7,10-11,18-21H2,1-2H3,(H,48,56)(H,49,55,57). The molecule has 318 valence electrons. The van der Waals surface area contributed by atoms with E-state index in [-0.39, 0.29) is 73.3 Å². The van der Waals surface area contributed by atoms with E-state index in [1.165, 1.54) is 27.7 Å². The number of amides is 6. The van der Waals surface area contributed by atoms with E-state index in [1.807, 2.05) is 18.7 Å². The molecule has 3 fully saturated rings. The van der Waals surface area contributed by atoms with Crippen molar-refractivity contribution in [2.45, 2.75) is 95.4 Å². The van der Waals surface area contributed by atoms with Crippen molar-refractivity contribution >= 4 is 52.5 Å². The van der Waals surface area contributed by atoms with Crippen LogP contribution in [0.4, 0.5) is 24.5 Å². The van der Waals surface area contributed by atoms with Gasteiger partial charge in [0.25, 0.3) is 23.6 Å². The van der Waals surface area contributed by atoms with Gasteiger partial charge in [-0.05, 0) is 87.9 Å². The Morgan fingerprint density at radius 3 is 2.43 bits per heavy atom. The van der Waals surface area contributed by atoms with Gasteiger partial charge in [-0.3, -0.25) is 43.9 Å². The molecule has 61 heavy (non-hydrogen) atoms. The molecule has 16 nitrogen and oxygen atoms in total. The first-order valence-electron chi connectivity index (χ1n) is 20.3. The minimum Gasteiger partial charge on any atom is -0.489 e. The zero-order chi connectivity index (χ0) is 42.9. The highest BCUT2D eigenvalue weighted by atomic mass is 19.4. The molecular formula is C42H42F3N9O7. The van der Waals surface area contributed by atoms with Gasteiger partial charge in [0.15, 0.2) is 5.65 Å². The van der Waals surface area contributed by atoms with Gasteiger partial charge in [0.1, 0.15) is 17.4 Å². The lowest BCUT2D eigenvalue weighted by atomic mass is 9.87. The summed E-state index contributed by atoms with van der Waals surface area (Å²) in [4.78, 5) is 88.3. The van der Waals surface area contributed by atoms with E-state index in [1.54, 1.807) is 41.6 Å². The summed E-state index contributed by atoms with van der Waals surface area (Å²) in [6, 6.07) is 7.63. The lowest BCUT2D eigenvalue weighted by Crippen LogP contribution is -2.64. The molecule has 2 aromatic carbocycles. The van der Waals surface area contributed by atoms with E-state index in [9.17, 15) is 41.9 Å². The molecular weight excluding hydrogens is 800 g/mol. The fourth-order valence-corrected chi connectivity index (χ4v) is 9.28. The van der Waals surface area contributed by atoms with Gasteiger partial charge in [0.2, 0.25) is 11.8 Å². The first kappa shape index (κ1) is 40.1. The van der Waals surface area contributed by atoms with Crippen LogP contribution < -0.4 is 20.3 Å². The lowest BCUT2D eigenvalue weighted by Gasteiger charge is -2.51. The molecule has 4 aliphatic heterocycles. The number of imide groups is 2. The molecule has 1 atom stereocenters. The number of aromatic nitrogens is 3. The normalized spacial score (nSPS) is 22.0. The van der Waals surface area contributed by atoms with Crippen molar-refractivity contribution < 1.29 is 46.7 Å². The summed E-state index contributed by atoms with van der Waals surface area (Å²) in [5.41, 5.74) is 2.97. The molecule has 2 saturated heterocycles. The summed E-state index contributed by atoms with van der Waals surface area (Å²) >= 11 is 0. The van der Waals surface area contributed by atoms with Gasteiger partial charge >= 0.3 is 6.18 Å². The number of carbonyl (C=O) groups is 6. The smallest absolute Gasteiger partial charge is 0.401 e. The van der Waals surface area contributed by atoms with Gasteiger partial charge in [-0.25, -0.2) is 9.50 Å². The molecule has 1 unspecified atom stereocenters. The monoisotopic (exact) mass is 841 g/mol. The molecule has 0 radical (unpaired) electrons. The number of fused-ring (bicyclic) bond motifs is 3. The number of hydrogen-bond acceptors (Lipinski definition) is 11. The number of nitrogens with zero attached hydrogens (tertiary/aromatic N) is 7. The highest BCUT2D eigenvalue weighted by Crippen LogP contribution is 2.40. The maximum atomic E-state index is 14.1. The molecule has 19 heteroatoms. The van der Waals surface area contributed by atoms with Gasteiger partial charge < -0.3 is 19.9 Å². The molecule has 5 aliphatic rings. The minimum absolute atomic E-state index is 0.00572. The predicted molar refractivity (Wildman–Crippen MR) is 211 cm³/mol. The fourth-order valence-electron chi connectivity index (χ4n) is 9.28. The maximum Gasteiger partial charge on any atom is 0.401 e. The second kappa shape index (κ2) is 15.3. The van der Waals surface area contributed by atoms with Crippen molar-refractivity contribution in [3.63, 3.8) is 0 Å². The maximum absolute atomic E-state index is 14.1. The quantitative estimate of drug-likeness (QED) is 0.219. The first-order valence-corrected chi connectivity index (χ1v) is 20.3. The summed E-state index contributed by atoms with van der Waals surface area (Å²) in [5, 5.41) is 9.28.